The third-order valence-corrected chi connectivity index (χ3v) is 4.67. The Bertz CT molecular complexity index is 1070. The van der Waals surface area contributed by atoms with E-state index in [1.165, 1.54) is 31.0 Å². The highest BCUT2D eigenvalue weighted by atomic mass is 35.5. The molecular weight excluding hydrogens is 405 g/mol. The standard InChI is InChI=1S/C15H8ClF3N6OS/c1-25-13(16)10(12(24-25)15(17,18)19)11(26)7(4-20)9-6-27-14(23-9)8-5-21-2-3-22-8/h2-3,5-6,26H,1H3. The molecule has 27 heavy (non-hydrogen) atoms. The number of aromatic nitrogens is 5. The fourth-order valence-electron chi connectivity index (χ4n) is 2.18. The minimum absolute atomic E-state index is 0.0197. The summed E-state index contributed by atoms with van der Waals surface area (Å²) in [7, 11) is 1.19. The van der Waals surface area contributed by atoms with Gasteiger partial charge in [0.25, 0.3) is 0 Å². The number of alkyl halides is 3. The average Bonchev–Trinajstić information content (AvgIpc) is 3.22. The van der Waals surface area contributed by atoms with Crippen molar-refractivity contribution in [3.63, 3.8) is 0 Å². The van der Waals surface area contributed by atoms with E-state index in [-0.39, 0.29) is 5.69 Å². The van der Waals surface area contributed by atoms with E-state index in [0.717, 1.165) is 16.0 Å². The van der Waals surface area contributed by atoms with Crippen molar-refractivity contribution >= 4 is 34.3 Å². The highest BCUT2D eigenvalue weighted by molar-refractivity contribution is 7.13. The lowest BCUT2D eigenvalue weighted by molar-refractivity contribution is -0.141. The van der Waals surface area contributed by atoms with Gasteiger partial charge >= 0.3 is 6.18 Å². The molecule has 3 rings (SSSR count). The van der Waals surface area contributed by atoms with Gasteiger partial charge in [0.2, 0.25) is 0 Å². The number of nitrogens with zero attached hydrogens (tertiary/aromatic N) is 6. The van der Waals surface area contributed by atoms with Crippen LogP contribution in [-0.2, 0) is 13.2 Å². The highest BCUT2D eigenvalue weighted by Gasteiger charge is 2.40. The highest BCUT2D eigenvalue weighted by Crippen LogP contribution is 2.39. The molecule has 0 fully saturated rings. The molecule has 3 heterocycles. The summed E-state index contributed by atoms with van der Waals surface area (Å²) in [5.41, 5.74) is -2.25. The molecule has 0 spiro atoms. The first-order valence-electron chi connectivity index (χ1n) is 7.09. The molecule has 0 saturated carbocycles. The number of hydrogen-bond donors (Lipinski definition) is 1. The molecule has 0 saturated heterocycles. The van der Waals surface area contributed by atoms with Crippen LogP contribution in [0.5, 0.6) is 0 Å². The monoisotopic (exact) mass is 412 g/mol. The molecule has 0 radical (unpaired) electrons. The van der Waals surface area contributed by atoms with E-state index in [1.807, 2.05) is 0 Å². The van der Waals surface area contributed by atoms with Crippen molar-refractivity contribution in [3.8, 4) is 16.8 Å². The Hall–Kier alpha value is -2.97. The van der Waals surface area contributed by atoms with Crippen molar-refractivity contribution in [3.05, 3.63) is 46.1 Å². The Kier molecular flexibility index (Phi) is 4.86. The number of aliphatic hydroxyl groups excluding tert-OH is 1. The molecule has 0 amide bonds. The van der Waals surface area contributed by atoms with Gasteiger partial charge in [0.05, 0.1) is 17.5 Å². The van der Waals surface area contributed by atoms with Crippen LogP contribution in [0.1, 0.15) is 17.0 Å². The number of aliphatic hydroxyl groups is 1. The summed E-state index contributed by atoms with van der Waals surface area (Å²) in [6.07, 6.45) is -0.521. The maximum absolute atomic E-state index is 13.2. The maximum atomic E-state index is 13.2. The van der Waals surface area contributed by atoms with E-state index < -0.39 is 33.9 Å². The Morgan fingerprint density at radius 2 is 2.11 bits per heavy atom. The quantitative estimate of drug-likeness (QED) is 0.516. The fraction of sp³-hybridized carbons (Fsp3) is 0.133. The van der Waals surface area contributed by atoms with Crippen molar-refractivity contribution in [1.29, 1.82) is 5.26 Å². The molecule has 138 valence electrons. The molecule has 3 aromatic heterocycles. The lowest BCUT2D eigenvalue weighted by atomic mass is 10.1. The Morgan fingerprint density at radius 3 is 2.70 bits per heavy atom. The van der Waals surface area contributed by atoms with E-state index in [9.17, 15) is 23.5 Å². The third kappa shape index (κ3) is 3.49. The molecule has 0 aliphatic rings. The van der Waals surface area contributed by atoms with Crippen molar-refractivity contribution in [2.75, 3.05) is 0 Å². The number of allylic oxidation sites excluding steroid dienone is 1. The third-order valence-electron chi connectivity index (χ3n) is 3.37. The molecule has 12 heteroatoms. The van der Waals surface area contributed by atoms with Crippen LogP contribution in [0.25, 0.3) is 22.0 Å². The van der Waals surface area contributed by atoms with E-state index >= 15 is 0 Å². The molecule has 0 bridgehead atoms. The summed E-state index contributed by atoms with van der Waals surface area (Å²) >= 11 is 6.96. The smallest absolute Gasteiger partial charge is 0.435 e. The van der Waals surface area contributed by atoms with Gasteiger partial charge in [-0.15, -0.1) is 11.3 Å². The molecule has 3 aromatic rings. The second-order valence-electron chi connectivity index (χ2n) is 5.10. The first kappa shape index (κ1) is 18.8. The first-order chi connectivity index (χ1) is 12.7. The molecule has 0 aromatic carbocycles. The normalized spacial score (nSPS) is 12.6. The van der Waals surface area contributed by atoms with Crippen LogP contribution in [-0.4, -0.2) is 29.8 Å². The summed E-state index contributed by atoms with van der Waals surface area (Å²) in [5, 5.41) is 24.4. The molecular formula is C15H8ClF3N6OS. The zero-order valence-corrected chi connectivity index (χ0v) is 14.9. The Morgan fingerprint density at radius 1 is 1.37 bits per heavy atom. The van der Waals surface area contributed by atoms with Crippen LogP contribution >= 0.6 is 22.9 Å². The zero-order valence-electron chi connectivity index (χ0n) is 13.4. The summed E-state index contributed by atoms with van der Waals surface area (Å²) in [5.74, 6) is -0.959. The second-order valence-corrected chi connectivity index (χ2v) is 6.32. The van der Waals surface area contributed by atoms with E-state index in [4.69, 9.17) is 11.6 Å². The van der Waals surface area contributed by atoms with Crippen molar-refractivity contribution in [1.82, 2.24) is 24.7 Å². The predicted octanol–water partition coefficient (Wildman–Crippen LogP) is 3.96. The van der Waals surface area contributed by atoms with Gasteiger partial charge in [0.15, 0.2) is 5.69 Å². The van der Waals surface area contributed by atoms with Crippen LogP contribution < -0.4 is 0 Å². The van der Waals surface area contributed by atoms with Gasteiger partial charge in [-0.25, -0.2) is 4.98 Å². The lowest BCUT2D eigenvalue weighted by Gasteiger charge is -2.07. The summed E-state index contributed by atoms with van der Waals surface area (Å²) in [6.45, 7) is 0. The molecule has 1 N–H and O–H groups in total. The number of hydrogen-bond acceptors (Lipinski definition) is 7. The van der Waals surface area contributed by atoms with Gasteiger partial charge < -0.3 is 5.11 Å². The van der Waals surface area contributed by atoms with Gasteiger partial charge in [0, 0.05) is 24.8 Å². The minimum atomic E-state index is -4.87. The van der Waals surface area contributed by atoms with Crippen molar-refractivity contribution in [2.45, 2.75) is 6.18 Å². The maximum Gasteiger partial charge on any atom is 0.435 e. The van der Waals surface area contributed by atoms with Crippen LogP contribution in [0.15, 0.2) is 24.0 Å². The fourth-order valence-corrected chi connectivity index (χ4v) is 3.17. The van der Waals surface area contributed by atoms with Crippen LogP contribution in [0, 0.1) is 11.3 Å². The van der Waals surface area contributed by atoms with E-state index in [0.29, 0.717) is 10.7 Å². The molecule has 7 nitrogen and oxygen atoms in total. The van der Waals surface area contributed by atoms with Crippen LogP contribution in [0.2, 0.25) is 5.15 Å². The van der Waals surface area contributed by atoms with Crippen LogP contribution in [0.3, 0.4) is 0 Å². The summed E-state index contributed by atoms with van der Waals surface area (Å²) in [4.78, 5) is 12.1. The SMILES string of the molecule is Cn1nc(C(F)(F)F)c(C(O)=C(C#N)c2csc(-c3cnccn3)n2)c1Cl. The largest absolute Gasteiger partial charge is 0.506 e. The van der Waals surface area contributed by atoms with Gasteiger partial charge in [-0.2, -0.15) is 23.5 Å². The van der Waals surface area contributed by atoms with E-state index in [1.54, 1.807) is 6.07 Å². The van der Waals surface area contributed by atoms with E-state index in [2.05, 4.69) is 20.1 Å². The first-order valence-corrected chi connectivity index (χ1v) is 8.35. The number of thiazole rings is 1. The van der Waals surface area contributed by atoms with Crippen LogP contribution in [0.4, 0.5) is 13.2 Å². The summed E-state index contributed by atoms with van der Waals surface area (Å²) < 4.78 is 40.4. The Balaban J connectivity index is 2.15. The molecule has 0 aliphatic carbocycles. The molecule has 0 unspecified atom stereocenters. The number of nitriles is 1. The van der Waals surface area contributed by atoms with Gasteiger partial charge in [-0.1, -0.05) is 11.6 Å². The zero-order chi connectivity index (χ0) is 19.8. The van der Waals surface area contributed by atoms with Crippen molar-refractivity contribution in [2.24, 2.45) is 7.05 Å². The van der Waals surface area contributed by atoms with Gasteiger partial charge in [-0.05, 0) is 0 Å². The lowest BCUT2D eigenvalue weighted by Crippen LogP contribution is -2.09. The Labute approximate surface area is 159 Å². The molecule has 0 atom stereocenters. The number of halogens is 4. The molecule has 0 aliphatic heterocycles. The second kappa shape index (κ2) is 6.98. The van der Waals surface area contributed by atoms with Gasteiger partial charge in [0.1, 0.15) is 33.3 Å². The summed E-state index contributed by atoms with van der Waals surface area (Å²) in [6, 6.07) is 1.67. The van der Waals surface area contributed by atoms with Crippen molar-refractivity contribution < 1.29 is 18.3 Å². The minimum Gasteiger partial charge on any atom is -0.506 e. The predicted molar refractivity (Wildman–Crippen MR) is 91.4 cm³/mol. The average molecular weight is 413 g/mol. The van der Waals surface area contributed by atoms with Gasteiger partial charge in [-0.3, -0.25) is 14.6 Å². The number of rotatable bonds is 3. The topological polar surface area (TPSA) is 101 Å². The number of aryl methyl sites for hydroxylation is 1.